The van der Waals surface area contributed by atoms with Crippen LogP contribution in [0, 0.1) is 19.8 Å². The molecule has 0 aromatic carbocycles. The van der Waals surface area contributed by atoms with Crippen LogP contribution in [0.2, 0.25) is 0 Å². The highest BCUT2D eigenvalue weighted by atomic mass is 16.5. The molecule has 1 rings (SSSR count). The molecule has 1 atom stereocenters. The van der Waals surface area contributed by atoms with Gasteiger partial charge in [0.15, 0.2) is 12.4 Å². The highest BCUT2D eigenvalue weighted by Gasteiger charge is 2.21. The molecule has 25 heavy (non-hydrogen) atoms. The van der Waals surface area contributed by atoms with Crippen molar-refractivity contribution in [1.82, 2.24) is 10.3 Å². The van der Waals surface area contributed by atoms with Gasteiger partial charge in [-0.3, -0.25) is 9.59 Å². The maximum absolute atomic E-state index is 12.1. The molecule has 0 radical (unpaired) electrons. The fraction of sp³-hybridized carbons (Fsp3) is 0.632. The van der Waals surface area contributed by atoms with E-state index in [4.69, 9.17) is 4.74 Å². The molecule has 1 heterocycles. The number of amides is 1. The summed E-state index contributed by atoms with van der Waals surface area (Å²) in [7, 11) is 0. The Balaban J connectivity index is 2.50. The van der Waals surface area contributed by atoms with Crippen molar-refractivity contribution in [3.05, 3.63) is 22.5 Å². The number of carbonyl (C=O) groups is 3. The van der Waals surface area contributed by atoms with E-state index in [-0.39, 0.29) is 30.0 Å². The largest absolute Gasteiger partial charge is 0.451 e. The van der Waals surface area contributed by atoms with Gasteiger partial charge in [-0.1, -0.05) is 26.7 Å². The molecule has 0 unspecified atom stereocenters. The quantitative estimate of drug-likeness (QED) is 0.528. The van der Waals surface area contributed by atoms with Crippen LogP contribution in [0.25, 0.3) is 0 Å². The molecule has 6 heteroatoms. The maximum Gasteiger partial charge on any atom is 0.355 e. The molecule has 0 spiro atoms. The van der Waals surface area contributed by atoms with Crippen LogP contribution < -0.4 is 5.32 Å². The van der Waals surface area contributed by atoms with E-state index in [2.05, 4.69) is 24.1 Å². The standard InChI is InChI=1S/C19H30N2O4/c1-11(2)8-7-9-12(3)20-16(23)10-25-19(24)18-13(4)17(15(6)22)14(5)21-18/h11-12,21H,7-10H2,1-6H3,(H,20,23)/t12-/m0/s1. The van der Waals surface area contributed by atoms with E-state index in [1.807, 2.05) is 6.92 Å². The highest BCUT2D eigenvalue weighted by molar-refractivity contribution is 6.01. The van der Waals surface area contributed by atoms with Crippen LogP contribution in [-0.4, -0.2) is 35.3 Å². The summed E-state index contributed by atoms with van der Waals surface area (Å²) in [6, 6.07) is 0.0451. The lowest BCUT2D eigenvalue weighted by atomic mass is 10.0. The third-order valence-electron chi connectivity index (χ3n) is 4.15. The van der Waals surface area contributed by atoms with E-state index < -0.39 is 5.97 Å². The van der Waals surface area contributed by atoms with Gasteiger partial charge in [-0.2, -0.15) is 0 Å². The molecular weight excluding hydrogens is 320 g/mol. The van der Waals surface area contributed by atoms with Crippen LogP contribution in [0.15, 0.2) is 0 Å². The van der Waals surface area contributed by atoms with Crippen molar-refractivity contribution >= 4 is 17.7 Å². The normalized spacial score (nSPS) is 12.1. The Morgan fingerprint density at radius 3 is 2.28 bits per heavy atom. The lowest BCUT2D eigenvalue weighted by Crippen LogP contribution is -2.35. The SMILES string of the molecule is CC(=O)c1c(C)[nH]c(C(=O)OCC(=O)N[C@@H](C)CCCC(C)C)c1C. The van der Waals surface area contributed by atoms with Gasteiger partial charge in [0.1, 0.15) is 5.69 Å². The number of aryl methyl sites for hydroxylation is 1. The lowest BCUT2D eigenvalue weighted by molar-refractivity contribution is -0.124. The second kappa shape index (κ2) is 9.39. The van der Waals surface area contributed by atoms with E-state index in [1.54, 1.807) is 13.8 Å². The first-order valence-electron chi connectivity index (χ1n) is 8.80. The van der Waals surface area contributed by atoms with Gasteiger partial charge in [0.25, 0.3) is 5.91 Å². The van der Waals surface area contributed by atoms with Crippen molar-refractivity contribution in [3.63, 3.8) is 0 Å². The zero-order valence-corrected chi connectivity index (χ0v) is 16.1. The van der Waals surface area contributed by atoms with Crippen molar-refractivity contribution in [3.8, 4) is 0 Å². The molecule has 1 aromatic rings. The van der Waals surface area contributed by atoms with Crippen molar-refractivity contribution in [2.45, 2.75) is 66.8 Å². The molecular formula is C19H30N2O4. The smallest absolute Gasteiger partial charge is 0.355 e. The molecule has 140 valence electrons. The Labute approximate surface area is 149 Å². The van der Waals surface area contributed by atoms with Gasteiger partial charge in [-0.05, 0) is 45.6 Å². The van der Waals surface area contributed by atoms with E-state index in [1.165, 1.54) is 6.92 Å². The number of ether oxygens (including phenoxy) is 1. The molecule has 1 aromatic heterocycles. The van der Waals surface area contributed by atoms with Gasteiger partial charge in [0, 0.05) is 17.3 Å². The average Bonchev–Trinajstić information content (AvgIpc) is 2.79. The first kappa shape index (κ1) is 20.9. The van der Waals surface area contributed by atoms with Gasteiger partial charge in [0.05, 0.1) is 0 Å². The molecule has 0 fully saturated rings. The van der Waals surface area contributed by atoms with Crippen LogP contribution in [-0.2, 0) is 9.53 Å². The van der Waals surface area contributed by atoms with Gasteiger partial charge < -0.3 is 15.0 Å². The monoisotopic (exact) mass is 350 g/mol. The zero-order chi connectivity index (χ0) is 19.1. The van der Waals surface area contributed by atoms with Gasteiger partial charge >= 0.3 is 5.97 Å². The fourth-order valence-corrected chi connectivity index (χ4v) is 2.91. The molecule has 0 aliphatic carbocycles. The summed E-state index contributed by atoms with van der Waals surface area (Å²) in [5.41, 5.74) is 1.90. The van der Waals surface area contributed by atoms with Crippen molar-refractivity contribution in [2.24, 2.45) is 5.92 Å². The molecule has 2 N–H and O–H groups in total. The van der Waals surface area contributed by atoms with Gasteiger partial charge in [-0.15, -0.1) is 0 Å². The molecule has 6 nitrogen and oxygen atoms in total. The van der Waals surface area contributed by atoms with Crippen LogP contribution in [0.3, 0.4) is 0 Å². The summed E-state index contributed by atoms with van der Waals surface area (Å²) in [5.74, 6) is -0.414. The molecule has 0 bridgehead atoms. The van der Waals surface area contributed by atoms with Crippen molar-refractivity contribution < 1.29 is 19.1 Å². The number of nitrogens with one attached hydrogen (secondary N) is 2. The minimum atomic E-state index is -0.629. The number of ketones is 1. The number of carbonyl (C=O) groups excluding carboxylic acids is 3. The average molecular weight is 350 g/mol. The summed E-state index contributed by atoms with van der Waals surface area (Å²) < 4.78 is 5.07. The maximum atomic E-state index is 12.1. The number of H-pyrrole nitrogens is 1. The minimum Gasteiger partial charge on any atom is -0.451 e. The number of esters is 1. The van der Waals surface area contributed by atoms with E-state index in [0.717, 1.165) is 19.3 Å². The van der Waals surface area contributed by atoms with Crippen molar-refractivity contribution in [2.75, 3.05) is 6.61 Å². The molecule has 0 aliphatic rings. The first-order valence-corrected chi connectivity index (χ1v) is 8.80. The molecule has 0 saturated carbocycles. The van der Waals surface area contributed by atoms with Gasteiger partial charge in [-0.25, -0.2) is 4.79 Å². The summed E-state index contributed by atoms with van der Waals surface area (Å²) in [6.45, 7) is 10.8. The number of aromatic nitrogens is 1. The molecule has 0 aliphatic heterocycles. The van der Waals surface area contributed by atoms with Crippen LogP contribution in [0.4, 0.5) is 0 Å². The summed E-state index contributed by atoms with van der Waals surface area (Å²) in [4.78, 5) is 38.5. The number of Topliss-reactive ketones (excluding diaryl/α,β-unsaturated/α-hetero) is 1. The van der Waals surface area contributed by atoms with Crippen LogP contribution >= 0.6 is 0 Å². The number of hydrogen-bond acceptors (Lipinski definition) is 4. The Kier molecular flexibility index (Phi) is 7.87. The number of aromatic amines is 1. The molecule has 0 saturated heterocycles. The molecule has 1 amide bonds. The Bertz CT molecular complexity index is 632. The summed E-state index contributed by atoms with van der Waals surface area (Å²) >= 11 is 0. The number of hydrogen-bond donors (Lipinski definition) is 2. The first-order chi connectivity index (χ1) is 11.6. The predicted molar refractivity (Wildman–Crippen MR) is 96.8 cm³/mol. The summed E-state index contributed by atoms with van der Waals surface area (Å²) in [5, 5.41) is 2.83. The van der Waals surface area contributed by atoms with Crippen molar-refractivity contribution in [1.29, 1.82) is 0 Å². The Morgan fingerprint density at radius 2 is 1.76 bits per heavy atom. The third kappa shape index (κ3) is 6.36. The van der Waals surface area contributed by atoms with Crippen LogP contribution in [0.5, 0.6) is 0 Å². The predicted octanol–water partition coefficient (Wildman–Crippen LogP) is 3.32. The number of rotatable bonds is 9. The third-order valence-corrected chi connectivity index (χ3v) is 4.15. The highest BCUT2D eigenvalue weighted by Crippen LogP contribution is 2.19. The van der Waals surface area contributed by atoms with E-state index in [9.17, 15) is 14.4 Å². The topological polar surface area (TPSA) is 88.3 Å². The Morgan fingerprint density at radius 1 is 1.12 bits per heavy atom. The van der Waals surface area contributed by atoms with Crippen LogP contribution in [0.1, 0.15) is 79.1 Å². The fourth-order valence-electron chi connectivity index (χ4n) is 2.91. The minimum absolute atomic E-state index is 0.0451. The summed E-state index contributed by atoms with van der Waals surface area (Å²) in [6.07, 6.45) is 3.07. The van der Waals surface area contributed by atoms with E-state index in [0.29, 0.717) is 22.7 Å². The van der Waals surface area contributed by atoms with E-state index >= 15 is 0 Å². The lowest BCUT2D eigenvalue weighted by Gasteiger charge is -2.14. The second-order valence-electron chi connectivity index (χ2n) is 7.05. The second-order valence-corrected chi connectivity index (χ2v) is 7.05. The zero-order valence-electron chi connectivity index (χ0n) is 16.1. The Hall–Kier alpha value is -2.11. The van der Waals surface area contributed by atoms with Gasteiger partial charge in [0.2, 0.25) is 0 Å².